The Bertz CT molecular complexity index is 790. The van der Waals surface area contributed by atoms with Gasteiger partial charge in [0.2, 0.25) is 0 Å². The molecule has 1 amide bonds. The molecule has 0 aliphatic heterocycles. The predicted octanol–water partition coefficient (Wildman–Crippen LogP) is 4.63. The smallest absolute Gasteiger partial charge is 0.265 e. The Kier molecular flexibility index (Phi) is 5.70. The topological polar surface area (TPSA) is 20.3 Å². The lowest BCUT2D eigenvalue weighted by Crippen LogP contribution is -2.35. The van der Waals surface area contributed by atoms with Crippen LogP contribution in [0.2, 0.25) is 0 Å². The maximum absolute atomic E-state index is 13.0. The molecule has 0 bridgehead atoms. The zero-order valence-corrected chi connectivity index (χ0v) is 14.7. The molecule has 0 aliphatic rings. The molecule has 0 radical (unpaired) electrons. The van der Waals surface area contributed by atoms with Gasteiger partial charge in [-0.05, 0) is 16.7 Å². The van der Waals surface area contributed by atoms with Gasteiger partial charge in [-0.3, -0.25) is 4.79 Å². The minimum absolute atomic E-state index is 0.117. The first-order valence-electron chi connectivity index (χ1n) is 8.20. The first-order chi connectivity index (χ1) is 12.2. The number of thiocarbonyl (C=S) groups is 1. The number of hydrogen-bond donors (Lipinski definition) is 0. The summed E-state index contributed by atoms with van der Waals surface area (Å²) in [4.78, 5) is 15.2. The van der Waals surface area contributed by atoms with Gasteiger partial charge in [0.05, 0.1) is 0 Å². The van der Waals surface area contributed by atoms with Crippen LogP contribution in [0.25, 0.3) is 0 Å². The van der Waals surface area contributed by atoms with Crippen LogP contribution >= 0.6 is 12.2 Å². The van der Waals surface area contributed by atoms with Crippen LogP contribution in [0.5, 0.6) is 0 Å². The van der Waals surface area contributed by atoms with Crippen molar-refractivity contribution in [2.45, 2.75) is 13.1 Å². The van der Waals surface area contributed by atoms with Crippen molar-refractivity contribution in [3.05, 3.63) is 108 Å². The number of nitrogens with zero attached hydrogens (tertiary/aromatic N) is 1. The quantitative estimate of drug-likeness (QED) is 0.479. The highest BCUT2D eigenvalue weighted by Crippen LogP contribution is 2.13. The Morgan fingerprint density at radius 3 is 1.52 bits per heavy atom. The van der Waals surface area contributed by atoms with Crippen LogP contribution in [0.4, 0.5) is 0 Å². The molecule has 0 N–H and O–H groups in total. The van der Waals surface area contributed by atoms with Crippen molar-refractivity contribution in [2.24, 2.45) is 0 Å². The van der Waals surface area contributed by atoms with Gasteiger partial charge < -0.3 is 4.90 Å². The van der Waals surface area contributed by atoms with Gasteiger partial charge in [-0.2, -0.15) is 0 Å². The molecule has 2 nitrogen and oxygen atoms in total. The fourth-order valence-electron chi connectivity index (χ4n) is 2.66. The van der Waals surface area contributed by atoms with Gasteiger partial charge >= 0.3 is 0 Å². The van der Waals surface area contributed by atoms with E-state index in [1.807, 2.05) is 91.0 Å². The maximum atomic E-state index is 13.0. The Labute approximate surface area is 153 Å². The van der Waals surface area contributed by atoms with Crippen LogP contribution in [-0.2, 0) is 17.9 Å². The summed E-state index contributed by atoms with van der Waals surface area (Å²) in [6, 6.07) is 29.4. The van der Waals surface area contributed by atoms with Gasteiger partial charge in [0.1, 0.15) is 4.86 Å². The molecule has 25 heavy (non-hydrogen) atoms. The second kappa shape index (κ2) is 8.36. The van der Waals surface area contributed by atoms with Crippen molar-refractivity contribution in [3.8, 4) is 0 Å². The summed E-state index contributed by atoms with van der Waals surface area (Å²) in [5.41, 5.74) is 2.96. The lowest BCUT2D eigenvalue weighted by Gasteiger charge is -2.23. The van der Waals surface area contributed by atoms with Gasteiger partial charge in [-0.25, -0.2) is 0 Å². The van der Waals surface area contributed by atoms with Crippen molar-refractivity contribution < 1.29 is 4.79 Å². The van der Waals surface area contributed by atoms with E-state index in [2.05, 4.69) is 0 Å². The number of hydrogen-bond acceptors (Lipinski definition) is 2. The van der Waals surface area contributed by atoms with Crippen LogP contribution in [0.3, 0.4) is 0 Å². The highest BCUT2D eigenvalue weighted by molar-refractivity contribution is 7.82. The van der Waals surface area contributed by atoms with Crippen LogP contribution in [0.1, 0.15) is 16.7 Å². The lowest BCUT2D eigenvalue weighted by molar-refractivity contribution is -0.125. The summed E-state index contributed by atoms with van der Waals surface area (Å²) in [5, 5.41) is 0. The van der Waals surface area contributed by atoms with Gasteiger partial charge in [0.15, 0.2) is 0 Å². The van der Waals surface area contributed by atoms with E-state index >= 15 is 0 Å². The highest BCUT2D eigenvalue weighted by Gasteiger charge is 2.20. The van der Waals surface area contributed by atoms with Gasteiger partial charge in [-0.1, -0.05) is 103 Å². The average molecular weight is 345 g/mol. The van der Waals surface area contributed by atoms with Gasteiger partial charge in [0.25, 0.3) is 5.91 Å². The molecule has 3 aromatic carbocycles. The van der Waals surface area contributed by atoms with Crippen molar-refractivity contribution in [3.63, 3.8) is 0 Å². The minimum atomic E-state index is -0.117. The lowest BCUT2D eigenvalue weighted by atomic mass is 10.1. The molecule has 0 saturated heterocycles. The minimum Gasteiger partial charge on any atom is -0.329 e. The molecular weight excluding hydrogens is 326 g/mol. The molecule has 0 fully saturated rings. The monoisotopic (exact) mass is 345 g/mol. The fraction of sp³-hybridized carbons (Fsp3) is 0.0909. The molecule has 124 valence electrons. The first kappa shape index (κ1) is 17.1. The zero-order valence-electron chi connectivity index (χ0n) is 13.8. The number of carbonyl (C=O) groups is 1. The number of carbonyl (C=O) groups excluding carboxylic acids is 1. The third-order valence-electron chi connectivity index (χ3n) is 3.95. The van der Waals surface area contributed by atoms with Crippen molar-refractivity contribution in [1.29, 1.82) is 0 Å². The molecule has 3 heteroatoms. The van der Waals surface area contributed by atoms with Crippen LogP contribution in [0.15, 0.2) is 91.0 Å². The second-order valence-corrected chi connectivity index (χ2v) is 6.24. The molecule has 0 aliphatic carbocycles. The summed E-state index contributed by atoms with van der Waals surface area (Å²) < 4.78 is 0. The highest BCUT2D eigenvalue weighted by atomic mass is 32.1. The van der Waals surface area contributed by atoms with Gasteiger partial charge in [-0.15, -0.1) is 0 Å². The van der Waals surface area contributed by atoms with E-state index in [1.54, 1.807) is 4.90 Å². The Balaban J connectivity index is 1.84. The first-order valence-corrected chi connectivity index (χ1v) is 8.61. The SMILES string of the molecule is O=C(C(=S)c1ccccc1)N(Cc1ccccc1)Cc1ccccc1. The van der Waals surface area contributed by atoms with Crippen molar-refractivity contribution in [2.75, 3.05) is 0 Å². The molecular formula is C22H19NOS. The molecule has 0 atom stereocenters. The summed E-state index contributed by atoms with van der Waals surface area (Å²) in [7, 11) is 0. The van der Waals surface area contributed by atoms with E-state index in [-0.39, 0.29) is 5.91 Å². The van der Waals surface area contributed by atoms with E-state index in [1.165, 1.54) is 0 Å². The predicted molar refractivity (Wildman–Crippen MR) is 105 cm³/mol. The molecule has 0 aromatic heterocycles. The third kappa shape index (κ3) is 4.61. The largest absolute Gasteiger partial charge is 0.329 e. The normalized spacial score (nSPS) is 10.2. The Morgan fingerprint density at radius 1 is 0.680 bits per heavy atom. The Hall–Kier alpha value is -2.78. The zero-order chi connectivity index (χ0) is 17.5. The molecule has 3 rings (SSSR count). The summed E-state index contributed by atoms with van der Waals surface area (Å²) >= 11 is 5.46. The average Bonchev–Trinajstić information content (AvgIpc) is 2.68. The van der Waals surface area contributed by atoms with Crippen molar-refractivity contribution >= 4 is 23.0 Å². The molecule has 0 saturated carbocycles. The molecule has 0 heterocycles. The molecule has 3 aromatic rings. The summed E-state index contributed by atoms with van der Waals surface area (Å²) in [6.45, 7) is 1.06. The third-order valence-corrected chi connectivity index (χ3v) is 4.36. The number of amides is 1. The number of rotatable bonds is 6. The number of benzene rings is 3. The summed E-state index contributed by atoms with van der Waals surface area (Å²) in [5.74, 6) is -0.117. The standard InChI is InChI=1S/C22H19NOS/c24-22(21(25)20-14-8-3-9-15-20)23(16-18-10-4-1-5-11-18)17-19-12-6-2-7-13-19/h1-15H,16-17H2. The fourth-order valence-corrected chi connectivity index (χ4v) is 2.93. The van der Waals surface area contributed by atoms with E-state index < -0.39 is 0 Å². The maximum Gasteiger partial charge on any atom is 0.265 e. The van der Waals surface area contributed by atoms with Crippen molar-refractivity contribution in [1.82, 2.24) is 4.90 Å². The molecule has 0 unspecified atom stereocenters. The van der Waals surface area contributed by atoms with E-state index in [0.717, 1.165) is 16.7 Å². The Morgan fingerprint density at radius 2 is 1.08 bits per heavy atom. The summed E-state index contributed by atoms with van der Waals surface area (Å²) in [6.07, 6.45) is 0. The molecule has 0 spiro atoms. The van der Waals surface area contributed by atoms with Crippen LogP contribution in [-0.4, -0.2) is 15.7 Å². The van der Waals surface area contributed by atoms with E-state index in [4.69, 9.17) is 12.2 Å². The second-order valence-electron chi connectivity index (χ2n) is 5.83. The van der Waals surface area contributed by atoms with Crippen LogP contribution < -0.4 is 0 Å². The van der Waals surface area contributed by atoms with Gasteiger partial charge in [0, 0.05) is 13.1 Å². The van der Waals surface area contributed by atoms with Crippen LogP contribution in [0, 0.1) is 0 Å². The van der Waals surface area contributed by atoms with E-state index in [0.29, 0.717) is 18.0 Å². The van der Waals surface area contributed by atoms with E-state index in [9.17, 15) is 4.79 Å².